The molecule has 1 aromatic rings. The number of hydrogen-bond donors (Lipinski definition) is 1. The number of nitrogens with one attached hydrogen (secondary N) is 1. The number of rotatable bonds is 1. The molecule has 0 bridgehead atoms. The molecule has 0 aliphatic carbocycles. The molecule has 0 amide bonds. The van der Waals surface area contributed by atoms with E-state index in [0.717, 1.165) is 6.54 Å². The van der Waals surface area contributed by atoms with Gasteiger partial charge in [0.05, 0.1) is 23.7 Å². The molecule has 1 saturated heterocycles. The highest BCUT2D eigenvalue weighted by Crippen LogP contribution is 2.24. The first kappa shape index (κ1) is 10.1. The average Bonchev–Trinajstić information content (AvgIpc) is 2.23. The molecule has 0 spiro atoms. The molecule has 1 atom stereocenters. The second-order valence-corrected chi connectivity index (χ2v) is 4.08. The van der Waals surface area contributed by atoms with E-state index in [1.54, 1.807) is 12.1 Å². The molecule has 2 rings (SSSR count). The Morgan fingerprint density at radius 3 is 3.07 bits per heavy atom. The molecule has 1 aliphatic heterocycles. The molecule has 0 unspecified atom stereocenters. The second-order valence-electron chi connectivity index (χ2n) is 3.22. The lowest BCUT2D eigenvalue weighted by Crippen LogP contribution is -2.35. The summed E-state index contributed by atoms with van der Waals surface area (Å²) in [5.41, 5.74) is 0.666. The van der Waals surface area contributed by atoms with Crippen molar-refractivity contribution in [3.63, 3.8) is 0 Å². The smallest absolute Gasteiger partial charge is 0.142 e. The van der Waals surface area contributed by atoms with E-state index in [4.69, 9.17) is 4.74 Å². The molecule has 1 N–H and O–H groups in total. The minimum absolute atomic E-state index is 0.0266. The minimum atomic E-state index is -0.199. The van der Waals surface area contributed by atoms with Crippen LogP contribution in [0.2, 0.25) is 0 Å². The van der Waals surface area contributed by atoms with Gasteiger partial charge in [-0.25, -0.2) is 4.39 Å². The molecule has 1 fully saturated rings. The van der Waals surface area contributed by atoms with E-state index in [0.29, 0.717) is 23.2 Å². The molecule has 1 aromatic carbocycles. The van der Waals surface area contributed by atoms with Gasteiger partial charge in [-0.2, -0.15) is 0 Å². The van der Waals surface area contributed by atoms with Gasteiger partial charge in [-0.1, -0.05) is 12.1 Å². The molecule has 4 heteroatoms. The molecule has 14 heavy (non-hydrogen) atoms. The van der Waals surface area contributed by atoms with E-state index < -0.39 is 0 Å². The van der Waals surface area contributed by atoms with E-state index in [9.17, 15) is 4.39 Å². The van der Waals surface area contributed by atoms with Gasteiger partial charge in [-0.05, 0) is 22.0 Å². The van der Waals surface area contributed by atoms with Crippen molar-refractivity contribution in [2.24, 2.45) is 0 Å². The van der Waals surface area contributed by atoms with Crippen molar-refractivity contribution < 1.29 is 9.13 Å². The highest BCUT2D eigenvalue weighted by Gasteiger charge is 2.19. The number of ether oxygens (including phenoxy) is 1. The van der Waals surface area contributed by atoms with Crippen LogP contribution in [0.1, 0.15) is 11.6 Å². The third-order valence-corrected chi connectivity index (χ3v) is 2.89. The first-order chi connectivity index (χ1) is 6.79. The van der Waals surface area contributed by atoms with Gasteiger partial charge >= 0.3 is 0 Å². The highest BCUT2D eigenvalue weighted by atomic mass is 79.9. The normalized spacial score (nSPS) is 22.3. The Hall–Kier alpha value is -0.450. The number of morpholine rings is 1. The van der Waals surface area contributed by atoms with Gasteiger partial charge in [0.25, 0.3) is 0 Å². The second kappa shape index (κ2) is 4.38. The first-order valence-corrected chi connectivity index (χ1v) is 5.33. The Bertz CT molecular complexity index is 326. The summed E-state index contributed by atoms with van der Waals surface area (Å²) in [5, 5.41) is 3.22. The van der Waals surface area contributed by atoms with E-state index >= 15 is 0 Å². The van der Waals surface area contributed by atoms with Crippen LogP contribution in [0.4, 0.5) is 4.39 Å². The van der Waals surface area contributed by atoms with Gasteiger partial charge in [0, 0.05) is 12.1 Å². The predicted octanol–water partition coefficient (Wildman–Crippen LogP) is 2.25. The van der Waals surface area contributed by atoms with Crippen molar-refractivity contribution in [2.75, 3.05) is 19.8 Å². The first-order valence-electron chi connectivity index (χ1n) is 4.54. The maximum Gasteiger partial charge on any atom is 0.142 e. The van der Waals surface area contributed by atoms with Crippen LogP contribution in [0.15, 0.2) is 22.7 Å². The van der Waals surface area contributed by atoms with Crippen molar-refractivity contribution in [3.05, 3.63) is 34.1 Å². The van der Waals surface area contributed by atoms with Gasteiger partial charge in [0.15, 0.2) is 0 Å². The lowest BCUT2D eigenvalue weighted by atomic mass is 10.1. The zero-order chi connectivity index (χ0) is 9.97. The lowest BCUT2D eigenvalue weighted by Gasteiger charge is -2.24. The zero-order valence-corrected chi connectivity index (χ0v) is 9.18. The van der Waals surface area contributed by atoms with E-state index in [-0.39, 0.29) is 11.9 Å². The van der Waals surface area contributed by atoms with Crippen LogP contribution in [0, 0.1) is 5.82 Å². The van der Waals surface area contributed by atoms with E-state index in [1.165, 1.54) is 0 Å². The molecule has 2 nitrogen and oxygen atoms in total. The third-order valence-electron chi connectivity index (χ3n) is 2.28. The van der Waals surface area contributed by atoms with Gasteiger partial charge in [0.1, 0.15) is 5.82 Å². The van der Waals surface area contributed by atoms with Gasteiger partial charge in [-0.15, -0.1) is 0 Å². The Labute approximate surface area is 90.6 Å². The number of hydrogen-bond acceptors (Lipinski definition) is 2. The molecular formula is C10H11BrFNO. The highest BCUT2D eigenvalue weighted by molar-refractivity contribution is 9.10. The fourth-order valence-electron chi connectivity index (χ4n) is 1.55. The Morgan fingerprint density at radius 1 is 1.50 bits per heavy atom. The van der Waals surface area contributed by atoms with E-state index in [1.807, 2.05) is 6.07 Å². The van der Waals surface area contributed by atoms with Crippen molar-refractivity contribution >= 4 is 15.9 Å². The van der Waals surface area contributed by atoms with Crippen LogP contribution in [0.25, 0.3) is 0 Å². The monoisotopic (exact) mass is 259 g/mol. The van der Waals surface area contributed by atoms with E-state index in [2.05, 4.69) is 21.2 Å². The molecule has 0 radical (unpaired) electrons. The average molecular weight is 260 g/mol. The number of benzene rings is 1. The fraction of sp³-hybridized carbons (Fsp3) is 0.400. The summed E-state index contributed by atoms with van der Waals surface area (Å²) in [5.74, 6) is -0.199. The van der Waals surface area contributed by atoms with Crippen LogP contribution < -0.4 is 5.32 Å². The third kappa shape index (κ3) is 1.97. The standard InChI is InChI=1S/C10H11BrFNO/c11-8-3-1-2-7(10(8)12)9-6-14-5-4-13-9/h1-3,9,13H,4-6H2/t9-/m1/s1. The molecular weight excluding hydrogens is 249 g/mol. The van der Waals surface area contributed by atoms with Crippen molar-refractivity contribution in [3.8, 4) is 0 Å². The van der Waals surface area contributed by atoms with Gasteiger partial charge in [0.2, 0.25) is 0 Å². The Morgan fingerprint density at radius 2 is 2.36 bits per heavy atom. The summed E-state index contributed by atoms with van der Waals surface area (Å²) in [4.78, 5) is 0. The Balaban J connectivity index is 2.26. The maximum atomic E-state index is 13.6. The predicted molar refractivity (Wildman–Crippen MR) is 55.7 cm³/mol. The van der Waals surface area contributed by atoms with Crippen LogP contribution in [0.5, 0.6) is 0 Å². The number of halogens is 2. The minimum Gasteiger partial charge on any atom is -0.378 e. The summed E-state index contributed by atoms with van der Waals surface area (Å²) >= 11 is 3.17. The van der Waals surface area contributed by atoms with Crippen molar-refractivity contribution in [1.82, 2.24) is 5.32 Å². The molecule has 1 aliphatic rings. The lowest BCUT2D eigenvalue weighted by molar-refractivity contribution is 0.0757. The van der Waals surface area contributed by atoms with Crippen LogP contribution in [-0.2, 0) is 4.74 Å². The molecule has 0 aromatic heterocycles. The topological polar surface area (TPSA) is 21.3 Å². The molecule has 76 valence electrons. The van der Waals surface area contributed by atoms with Gasteiger partial charge in [-0.3, -0.25) is 0 Å². The fourth-order valence-corrected chi connectivity index (χ4v) is 1.94. The molecule has 0 saturated carbocycles. The van der Waals surface area contributed by atoms with Gasteiger partial charge < -0.3 is 10.1 Å². The summed E-state index contributed by atoms with van der Waals surface area (Å²) < 4.78 is 19.4. The quantitative estimate of drug-likeness (QED) is 0.836. The van der Waals surface area contributed by atoms with Crippen LogP contribution >= 0.6 is 15.9 Å². The molecule has 1 heterocycles. The van der Waals surface area contributed by atoms with Crippen LogP contribution in [0.3, 0.4) is 0 Å². The van der Waals surface area contributed by atoms with Crippen molar-refractivity contribution in [1.29, 1.82) is 0 Å². The van der Waals surface area contributed by atoms with Crippen LogP contribution in [-0.4, -0.2) is 19.8 Å². The zero-order valence-electron chi connectivity index (χ0n) is 7.59. The maximum absolute atomic E-state index is 13.6. The Kier molecular flexibility index (Phi) is 3.15. The summed E-state index contributed by atoms with van der Waals surface area (Å²) in [6, 6.07) is 5.29. The van der Waals surface area contributed by atoms with Crippen molar-refractivity contribution in [2.45, 2.75) is 6.04 Å². The summed E-state index contributed by atoms with van der Waals surface area (Å²) in [7, 11) is 0. The summed E-state index contributed by atoms with van der Waals surface area (Å²) in [6.07, 6.45) is 0. The summed E-state index contributed by atoms with van der Waals surface area (Å²) in [6.45, 7) is 2.01. The SMILES string of the molecule is Fc1c(Br)cccc1[C@H]1COCCN1. The largest absolute Gasteiger partial charge is 0.378 e.